The van der Waals surface area contributed by atoms with Gasteiger partial charge in [0, 0.05) is 17.8 Å². The number of benzene rings is 1. The van der Waals surface area contributed by atoms with Gasteiger partial charge in [-0.15, -0.1) is 0 Å². The van der Waals surface area contributed by atoms with E-state index in [0.29, 0.717) is 17.2 Å². The molecule has 28 heavy (non-hydrogen) atoms. The summed E-state index contributed by atoms with van der Waals surface area (Å²) in [6.07, 6.45) is -4.65. The summed E-state index contributed by atoms with van der Waals surface area (Å²) in [4.78, 5) is 7.63. The molecular formula is C18H23F3N4O3. The van der Waals surface area contributed by atoms with Crippen LogP contribution in [0.4, 0.5) is 30.6 Å². The second-order valence-electron chi connectivity index (χ2n) is 6.33. The number of hydrogen-bond donors (Lipinski definition) is 3. The lowest BCUT2D eigenvalue weighted by molar-refractivity contribution is -0.141. The number of halogens is 3. The predicted molar refractivity (Wildman–Crippen MR) is 99.2 cm³/mol. The SMILES string of the molecule is COc1ccc(Nc2cc(C(F)(F)F)nc(N[C@H](CO)C(C)C)n2)cc1OC. The molecule has 0 bridgehead atoms. The number of rotatable bonds is 8. The van der Waals surface area contributed by atoms with E-state index in [9.17, 15) is 18.3 Å². The van der Waals surface area contributed by atoms with Gasteiger partial charge in [0.05, 0.1) is 26.9 Å². The third-order valence-electron chi connectivity index (χ3n) is 3.99. The van der Waals surface area contributed by atoms with E-state index < -0.39 is 17.9 Å². The van der Waals surface area contributed by atoms with Crippen molar-refractivity contribution >= 4 is 17.5 Å². The van der Waals surface area contributed by atoms with E-state index in [4.69, 9.17) is 9.47 Å². The Balaban J connectivity index is 2.39. The van der Waals surface area contributed by atoms with Crippen molar-refractivity contribution < 1.29 is 27.8 Å². The summed E-state index contributed by atoms with van der Waals surface area (Å²) in [5.41, 5.74) is -0.647. The summed E-state index contributed by atoms with van der Waals surface area (Å²) in [6.45, 7) is 3.38. The van der Waals surface area contributed by atoms with Gasteiger partial charge in [-0.05, 0) is 18.1 Å². The van der Waals surface area contributed by atoms with Crippen LogP contribution in [0.2, 0.25) is 0 Å². The Hall–Kier alpha value is -2.75. The first kappa shape index (κ1) is 21.5. The van der Waals surface area contributed by atoms with E-state index in [1.165, 1.54) is 14.2 Å². The van der Waals surface area contributed by atoms with Crippen LogP contribution in [0.5, 0.6) is 11.5 Å². The lowest BCUT2D eigenvalue weighted by Crippen LogP contribution is -2.30. The highest BCUT2D eigenvalue weighted by molar-refractivity contribution is 5.62. The molecule has 3 N–H and O–H groups in total. The summed E-state index contributed by atoms with van der Waals surface area (Å²) >= 11 is 0. The van der Waals surface area contributed by atoms with Crippen LogP contribution in [-0.4, -0.2) is 41.9 Å². The highest BCUT2D eigenvalue weighted by Crippen LogP contribution is 2.33. The molecule has 0 saturated carbocycles. The van der Waals surface area contributed by atoms with E-state index >= 15 is 0 Å². The number of alkyl halides is 3. The minimum Gasteiger partial charge on any atom is -0.493 e. The summed E-state index contributed by atoms with van der Waals surface area (Å²) in [5, 5.41) is 15.0. The van der Waals surface area contributed by atoms with Gasteiger partial charge in [0.1, 0.15) is 5.82 Å². The van der Waals surface area contributed by atoms with Gasteiger partial charge in [0.2, 0.25) is 5.95 Å². The van der Waals surface area contributed by atoms with E-state index in [-0.39, 0.29) is 24.3 Å². The second kappa shape index (κ2) is 8.96. The Morgan fingerprint density at radius 2 is 1.75 bits per heavy atom. The second-order valence-corrected chi connectivity index (χ2v) is 6.33. The summed E-state index contributed by atoms with van der Waals surface area (Å²) < 4.78 is 50.1. The molecule has 1 aromatic carbocycles. The van der Waals surface area contributed by atoms with Gasteiger partial charge in [-0.25, -0.2) is 4.98 Å². The number of nitrogens with zero attached hydrogens (tertiary/aromatic N) is 2. The summed E-state index contributed by atoms with van der Waals surface area (Å²) in [6, 6.07) is 5.13. The van der Waals surface area contributed by atoms with Crippen molar-refractivity contribution in [1.29, 1.82) is 0 Å². The zero-order chi connectivity index (χ0) is 20.9. The number of nitrogens with one attached hydrogen (secondary N) is 2. The van der Waals surface area contributed by atoms with Gasteiger partial charge in [0.15, 0.2) is 17.2 Å². The number of anilines is 3. The van der Waals surface area contributed by atoms with Gasteiger partial charge in [0.25, 0.3) is 0 Å². The molecule has 2 aromatic rings. The van der Waals surface area contributed by atoms with Crippen LogP contribution in [0.1, 0.15) is 19.5 Å². The molecule has 0 saturated heterocycles. The molecule has 1 aromatic heterocycles. The van der Waals surface area contributed by atoms with Crippen molar-refractivity contribution in [3.05, 3.63) is 30.0 Å². The fourth-order valence-electron chi connectivity index (χ4n) is 2.37. The minimum absolute atomic E-state index is 0.0367. The van der Waals surface area contributed by atoms with Crippen molar-refractivity contribution in [3.8, 4) is 11.5 Å². The van der Waals surface area contributed by atoms with Crippen LogP contribution < -0.4 is 20.1 Å². The molecule has 0 radical (unpaired) electrons. The molecule has 0 fully saturated rings. The minimum atomic E-state index is -4.65. The number of aromatic nitrogens is 2. The topological polar surface area (TPSA) is 88.5 Å². The largest absolute Gasteiger partial charge is 0.493 e. The monoisotopic (exact) mass is 400 g/mol. The molecule has 2 rings (SSSR count). The Bertz CT molecular complexity index is 800. The van der Waals surface area contributed by atoms with E-state index in [1.54, 1.807) is 18.2 Å². The van der Waals surface area contributed by atoms with Crippen molar-refractivity contribution in [2.45, 2.75) is 26.1 Å². The van der Waals surface area contributed by atoms with Gasteiger partial charge in [-0.2, -0.15) is 18.2 Å². The first-order valence-electron chi connectivity index (χ1n) is 8.50. The lowest BCUT2D eigenvalue weighted by Gasteiger charge is -2.21. The molecule has 0 unspecified atom stereocenters. The predicted octanol–water partition coefficient (Wildman–Crippen LogP) is 3.69. The Morgan fingerprint density at radius 1 is 1.07 bits per heavy atom. The third-order valence-corrected chi connectivity index (χ3v) is 3.99. The maximum atomic E-state index is 13.3. The van der Waals surface area contributed by atoms with Crippen molar-refractivity contribution in [1.82, 2.24) is 9.97 Å². The molecular weight excluding hydrogens is 377 g/mol. The number of aliphatic hydroxyl groups is 1. The van der Waals surface area contributed by atoms with Gasteiger partial charge >= 0.3 is 6.18 Å². The molecule has 1 atom stereocenters. The van der Waals surface area contributed by atoms with Gasteiger partial charge in [-0.3, -0.25) is 0 Å². The molecule has 0 spiro atoms. The van der Waals surface area contributed by atoms with Gasteiger partial charge in [-0.1, -0.05) is 13.8 Å². The molecule has 0 amide bonds. The van der Waals surface area contributed by atoms with Crippen LogP contribution >= 0.6 is 0 Å². The lowest BCUT2D eigenvalue weighted by atomic mass is 10.1. The third kappa shape index (κ3) is 5.38. The van der Waals surface area contributed by atoms with Crippen LogP contribution in [-0.2, 0) is 6.18 Å². The maximum absolute atomic E-state index is 13.3. The molecule has 0 aliphatic carbocycles. The Labute approximate surface area is 160 Å². The molecule has 0 aliphatic rings. The standard InChI is InChI=1S/C18H23F3N4O3/c1-10(2)12(9-26)23-17-24-15(18(19,20)21)8-16(25-17)22-11-5-6-13(27-3)14(7-11)28-4/h5-8,10,12,26H,9H2,1-4H3,(H2,22,23,24,25)/t12-/m1/s1. The van der Waals surface area contributed by atoms with E-state index in [2.05, 4.69) is 20.6 Å². The maximum Gasteiger partial charge on any atom is 0.433 e. The average Bonchev–Trinajstić information content (AvgIpc) is 2.64. The zero-order valence-electron chi connectivity index (χ0n) is 16.0. The number of ether oxygens (including phenoxy) is 2. The summed E-state index contributed by atoms with van der Waals surface area (Å²) in [5.74, 6) is 0.571. The van der Waals surface area contributed by atoms with Gasteiger partial charge < -0.3 is 25.2 Å². The first-order chi connectivity index (χ1) is 13.2. The Kier molecular flexibility index (Phi) is 6.90. The van der Waals surface area contributed by atoms with E-state index in [0.717, 1.165) is 6.07 Å². The first-order valence-corrected chi connectivity index (χ1v) is 8.50. The van der Waals surface area contributed by atoms with Crippen LogP contribution in [0.15, 0.2) is 24.3 Å². The number of aliphatic hydroxyl groups excluding tert-OH is 1. The normalized spacial score (nSPS) is 12.6. The molecule has 1 heterocycles. The smallest absolute Gasteiger partial charge is 0.433 e. The average molecular weight is 400 g/mol. The van der Waals surface area contributed by atoms with Crippen LogP contribution in [0.3, 0.4) is 0 Å². The molecule has 0 aliphatic heterocycles. The highest BCUT2D eigenvalue weighted by atomic mass is 19.4. The zero-order valence-corrected chi connectivity index (χ0v) is 16.0. The number of hydrogen-bond acceptors (Lipinski definition) is 7. The van der Waals surface area contributed by atoms with Crippen LogP contribution in [0, 0.1) is 5.92 Å². The van der Waals surface area contributed by atoms with Crippen molar-refractivity contribution in [2.24, 2.45) is 5.92 Å². The molecule has 10 heteroatoms. The fraction of sp³-hybridized carbons (Fsp3) is 0.444. The van der Waals surface area contributed by atoms with E-state index in [1.807, 2.05) is 13.8 Å². The quantitative estimate of drug-likeness (QED) is 0.623. The number of methoxy groups -OCH3 is 2. The fourth-order valence-corrected chi connectivity index (χ4v) is 2.37. The molecule has 154 valence electrons. The summed E-state index contributed by atoms with van der Waals surface area (Å²) in [7, 11) is 2.94. The Morgan fingerprint density at radius 3 is 2.29 bits per heavy atom. The highest BCUT2D eigenvalue weighted by Gasteiger charge is 2.34. The van der Waals surface area contributed by atoms with Crippen molar-refractivity contribution in [3.63, 3.8) is 0 Å². The molecule has 7 nitrogen and oxygen atoms in total. The van der Waals surface area contributed by atoms with Crippen LogP contribution in [0.25, 0.3) is 0 Å². The van der Waals surface area contributed by atoms with Crippen molar-refractivity contribution in [2.75, 3.05) is 31.5 Å².